The highest BCUT2D eigenvalue weighted by molar-refractivity contribution is 5.99. The van der Waals surface area contributed by atoms with E-state index in [-0.39, 0.29) is 29.5 Å². The van der Waals surface area contributed by atoms with Gasteiger partial charge in [-0.1, -0.05) is 37.3 Å². The van der Waals surface area contributed by atoms with Crippen LogP contribution < -0.4 is 10.6 Å². The molecule has 2 aliphatic rings. The molecule has 0 spiro atoms. The zero-order valence-corrected chi connectivity index (χ0v) is 16.1. The monoisotopic (exact) mass is 379 g/mol. The number of benzene rings is 1. The van der Waals surface area contributed by atoms with Crippen LogP contribution >= 0.6 is 0 Å². The fourth-order valence-corrected chi connectivity index (χ4v) is 4.10. The minimum absolute atomic E-state index is 0.0195. The summed E-state index contributed by atoms with van der Waals surface area (Å²) in [6, 6.07) is 13.6. The standard InChI is InChI=1S/C22H25N3O3/c1-3-15(13-7-5-4-6-8-13)18-9-14(10-19(24-18)22(27)23-2)21(26)25-20-16-11-28-12-17(16)20/h4-10,15-17,20H,3,11-12H2,1-2H3,(H,23,27)(H,25,26)/t15?,16-,17+,20+. The third kappa shape index (κ3) is 3.52. The molecule has 1 saturated carbocycles. The lowest BCUT2D eigenvalue weighted by molar-refractivity contribution is 0.0928. The topological polar surface area (TPSA) is 80.3 Å². The Morgan fingerprint density at radius 1 is 1.14 bits per heavy atom. The van der Waals surface area contributed by atoms with Crippen molar-refractivity contribution in [3.8, 4) is 0 Å². The van der Waals surface area contributed by atoms with Crippen LogP contribution in [-0.4, -0.2) is 43.1 Å². The van der Waals surface area contributed by atoms with E-state index in [0.717, 1.165) is 17.7 Å². The lowest BCUT2D eigenvalue weighted by Crippen LogP contribution is -2.31. The first-order valence-corrected chi connectivity index (χ1v) is 9.80. The van der Waals surface area contributed by atoms with Crippen LogP contribution in [0.3, 0.4) is 0 Å². The van der Waals surface area contributed by atoms with Crippen molar-refractivity contribution < 1.29 is 14.3 Å². The van der Waals surface area contributed by atoms with Gasteiger partial charge in [-0.15, -0.1) is 0 Å². The van der Waals surface area contributed by atoms with Gasteiger partial charge in [-0.3, -0.25) is 9.59 Å². The van der Waals surface area contributed by atoms with Crippen LogP contribution in [-0.2, 0) is 4.74 Å². The molecule has 0 radical (unpaired) electrons. The summed E-state index contributed by atoms with van der Waals surface area (Å²) in [6.45, 7) is 3.51. The third-order valence-electron chi connectivity index (χ3n) is 5.78. The fourth-order valence-electron chi connectivity index (χ4n) is 4.10. The maximum atomic E-state index is 12.9. The summed E-state index contributed by atoms with van der Waals surface area (Å²) in [6.07, 6.45) is 0.819. The number of pyridine rings is 1. The Morgan fingerprint density at radius 2 is 1.86 bits per heavy atom. The van der Waals surface area contributed by atoms with Crippen molar-refractivity contribution in [1.82, 2.24) is 15.6 Å². The number of nitrogens with zero attached hydrogens (tertiary/aromatic N) is 1. The minimum atomic E-state index is -0.296. The number of fused-ring (bicyclic) bond motifs is 1. The summed E-state index contributed by atoms with van der Waals surface area (Å²) in [5.41, 5.74) is 2.59. The molecule has 2 amide bonds. The lowest BCUT2D eigenvalue weighted by atomic mass is 9.91. The van der Waals surface area contributed by atoms with Gasteiger partial charge in [-0.25, -0.2) is 4.98 Å². The van der Waals surface area contributed by atoms with E-state index >= 15 is 0 Å². The number of hydrogen-bond donors (Lipinski definition) is 2. The van der Waals surface area contributed by atoms with Gasteiger partial charge in [-0.05, 0) is 24.1 Å². The Labute approximate surface area is 164 Å². The predicted octanol–water partition coefficient (Wildman–Crippen LogP) is 2.36. The molecular formula is C22H25N3O3. The smallest absolute Gasteiger partial charge is 0.269 e. The molecule has 1 aromatic heterocycles. The first-order chi connectivity index (χ1) is 13.6. The van der Waals surface area contributed by atoms with Crippen LogP contribution in [0.5, 0.6) is 0 Å². The maximum Gasteiger partial charge on any atom is 0.269 e. The number of rotatable bonds is 6. The molecule has 6 nitrogen and oxygen atoms in total. The fraction of sp³-hybridized carbons (Fsp3) is 0.409. The summed E-state index contributed by atoms with van der Waals surface area (Å²) < 4.78 is 5.39. The second kappa shape index (κ2) is 7.72. The number of nitrogens with one attached hydrogen (secondary N) is 2. The van der Waals surface area contributed by atoms with E-state index in [9.17, 15) is 9.59 Å². The summed E-state index contributed by atoms with van der Waals surface area (Å²) in [5, 5.41) is 5.71. The number of aromatic nitrogens is 1. The molecule has 1 unspecified atom stereocenters. The van der Waals surface area contributed by atoms with Crippen LogP contribution in [0.4, 0.5) is 0 Å². The summed E-state index contributed by atoms with van der Waals surface area (Å²) in [7, 11) is 1.57. The van der Waals surface area contributed by atoms with E-state index in [2.05, 4.69) is 22.5 Å². The van der Waals surface area contributed by atoms with Crippen molar-refractivity contribution in [2.75, 3.05) is 20.3 Å². The number of ether oxygens (including phenoxy) is 1. The van der Waals surface area contributed by atoms with Crippen molar-refractivity contribution in [2.45, 2.75) is 25.3 Å². The first kappa shape index (κ1) is 18.6. The normalized spacial score (nSPS) is 23.6. The third-order valence-corrected chi connectivity index (χ3v) is 5.78. The van der Waals surface area contributed by atoms with E-state index in [1.54, 1.807) is 13.1 Å². The molecule has 1 aliphatic carbocycles. The van der Waals surface area contributed by atoms with Gasteiger partial charge in [0.15, 0.2) is 0 Å². The summed E-state index contributed by atoms with van der Waals surface area (Å²) in [5.74, 6) is 0.422. The van der Waals surface area contributed by atoms with Crippen LogP contribution in [0.15, 0.2) is 42.5 Å². The largest absolute Gasteiger partial charge is 0.381 e. The van der Waals surface area contributed by atoms with E-state index in [0.29, 0.717) is 30.6 Å². The van der Waals surface area contributed by atoms with Gasteiger partial charge >= 0.3 is 0 Å². The Kier molecular flexibility index (Phi) is 5.13. The van der Waals surface area contributed by atoms with Gasteiger partial charge in [0.25, 0.3) is 11.8 Å². The second-order valence-electron chi connectivity index (χ2n) is 7.48. The van der Waals surface area contributed by atoms with Crippen molar-refractivity contribution in [1.29, 1.82) is 0 Å². The Hall–Kier alpha value is -2.73. The Bertz CT molecular complexity index is 874. The van der Waals surface area contributed by atoms with Crippen LogP contribution in [0.1, 0.15) is 51.4 Å². The van der Waals surface area contributed by atoms with Crippen molar-refractivity contribution in [3.05, 3.63) is 65.0 Å². The van der Waals surface area contributed by atoms with E-state index in [4.69, 9.17) is 4.74 Å². The molecule has 1 saturated heterocycles. The zero-order valence-electron chi connectivity index (χ0n) is 16.1. The SMILES string of the molecule is CCC(c1ccccc1)c1cc(C(=O)N[C@H]2[C@@H]3COC[C@@H]32)cc(C(=O)NC)n1. The van der Waals surface area contributed by atoms with E-state index in [1.807, 2.05) is 36.4 Å². The highest BCUT2D eigenvalue weighted by atomic mass is 16.5. The number of hydrogen-bond acceptors (Lipinski definition) is 4. The highest BCUT2D eigenvalue weighted by Crippen LogP contribution is 2.44. The molecule has 2 heterocycles. The quantitative estimate of drug-likeness (QED) is 0.807. The average molecular weight is 379 g/mol. The van der Waals surface area contributed by atoms with Crippen molar-refractivity contribution in [3.63, 3.8) is 0 Å². The van der Waals surface area contributed by atoms with E-state index in [1.165, 1.54) is 0 Å². The minimum Gasteiger partial charge on any atom is -0.381 e. The molecule has 2 aromatic rings. The number of carbonyl (C=O) groups excluding carboxylic acids is 2. The molecule has 4 atom stereocenters. The van der Waals surface area contributed by atoms with Crippen LogP contribution in [0.2, 0.25) is 0 Å². The molecular weight excluding hydrogens is 354 g/mol. The summed E-state index contributed by atoms with van der Waals surface area (Å²) in [4.78, 5) is 29.7. The molecule has 1 aliphatic heterocycles. The van der Waals surface area contributed by atoms with Gasteiger partial charge in [0.1, 0.15) is 5.69 Å². The number of carbonyl (C=O) groups is 2. The van der Waals surface area contributed by atoms with Crippen molar-refractivity contribution >= 4 is 11.8 Å². The molecule has 2 N–H and O–H groups in total. The van der Waals surface area contributed by atoms with Gasteiger partial charge in [0.2, 0.25) is 0 Å². The number of amides is 2. The first-order valence-electron chi connectivity index (χ1n) is 9.80. The molecule has 1 aromatic carbocycles. The van der Waals surface area contributed by atoms with Crippen LogP contribution in [0, 0.1) is 11.8 Å². The van der Waals surface area contributed by atoms with Crippen molar-refractivity contribution in [2.24, 2.45) is 11.8 Å². The highest BCUT2D eigenvalue weighted by Gasteiger charge is 2.54. The summed E-state index contributed by atoms with van der Waals surface area (Å²) >= 11 is 0. The molecule has 0 bridgehead atoms. The molecule has 6 heteroatoms. The molecule has 2 fully saturated rings. The van der Waals surface area contributed by atoms with Crippen LogP contribution in [0.25, 0.3) is 0 Å². The zero-order chi connectivity index (χ0) is 19.7. The van der Waals surface area contributed by atoms with Gasteiger partial charge < -0.3 is 15.4 Å². The Balaban J connectivity index is 1.65. The Morgan fingerprint density at radius 3 is 2.50 bits per heavy atom. The van der Waals surface area contributed by atoms with Gasteiger partial charge in [-0.2, -0.15) is 0 Å². The molecule has 4 rings (SSSR count). The van der Waals surface area contributed by atoms with Gasteiger partial charge in [0.05, 0.1) is 13.2 Å². The second-order valence-corrected chi connectivity index (χ2v) is 7.48. The lowest BCUT2D eigenvalue weighted by Gasteiger charge is -2.17. The van der Waals surface area contributed by atoms with E-state index < -0.39 is 0 Å². The maximum absolute atomic E-state index is 12.9. The predicted molar refractivity (Wildman–Crippen MR) is 105 cm³/mol. The van der Waals surface area contributed by atoms with Gasteiger partial charge in [0, 0.05) is 42.1 Å². The molecule has 146 valence electrons. The molecule has 28 heavy (non-hydrogen) atoms. The average Bonchev–Trinajstić information content (AvgIpc) is 3.14.